The molecule has 4 rings (SSSR count). The maximum atomic E-state index is 12.9. The van der Waals surface area contributed by atoms with Crippen LogP contribution in [0.2, 0.25) is 0 Å². The van der Waals surface area contributed by atoms with Crippen molar-refractivity contribution in [3.8, 4) is 5.88 Å². The number of rotatable bonds is 6. The van der Waals surface area contributed by atoms with Crippen LogP contribution in [-0.2, 0) is 17.9 Å². The summed E-state index contributed by atoms with van der Waals surface area (Å²) in [6.45, 7) is 3.74. The van der Waals surface area contributed by atoms with Crippen molar-refractivity contribution in [3.05, 3.63) is 40.7 Å². The monoisotopic (exact) mass is 417 g/mol. The molecule has 1 amide bonds. The summed E-state index contributed by atoms with van der Waals surface area (Å²) in [5.41, 5.74) is 5.20. The van der Waals surface area contributed by atoms with Crippen molar-refractivity contribution >= 4 is 17.4 Å². The molecule has 0 saturated carbocycles. The van der Waals surface area contributed by atoms with Gasteiger partial charge in [0.2, 0.25) is 11.8 Å². The van der Waals surface area contributed by atoms with Gasteiger partial charge in [0, 0.05) is 74.8 Å². The van der Waals surface area contributed by atoms with E-state index in [1.54, 1.807) is 6.07 Å². The summed E-state index contributed by atoms with van der Waals surface area (Å²) >= 11 is 0. The van der Waals surface area contributed by atoms with Gasteiger partial charge in [-0.2, -0.15) is 8.78 Å². The number of aryl methyl sites for hydroxylation is 1. The molecule has 0 atom stereocenters. The van der Waals surface area contributed by atoms with Crippen LogP contribution in [0.15, 0.2) is 18.3 Å². The number of halogens is 2. The van der Waals surface area contributed by atoms with E-state index in [-0.39, 0.29) is 17.7 Å². The van der Waals surface area contributed by atoms with Crippen molar-refractivity contribution in [2.24, 2.45) is 5.92 Å². The first-order chi connectivity index (χ1) is 14.4. The first kappa shape index (κ1) is 20.3. The van der Waals surface area contributed by atoms with Gasteiger partial charge in [-0.3, -0.25) is 4.79 Å². The molecule has 0 aromatic carbocycles. The molecule has 1 saturated heterocycles. The Morgan fingerprint density at radius 1 is 1.30 bits per heavy atom. The number of nitrogens with zero attached hydrogens (tertiary/aromatic N) is 4. The molecule has 2 aliphatic heterocycles. The van der Waals surface area contributed by atoms with Crippen LogP contribution < -0.4 is 15.0 Å². The van der Waals surface area contributed by atoms with Crippen molar-refractivity contribution in [3.63, 3.8) is 0 Å². The van der Waals surface area contributed by atoms with E-state index in [0.717, 1.165) is 28.3 Å². The summed E-state index contributed by atoms with van der Waals surface area (Å²) in [5.74, 6) is 1.11. The van der Waals surface area contributed by atoms with Gasteiger partial charge in [0.15, 0.2) is 0 Å². The Morgan fingerprint density at radius 3 is 2.73 bits per heavy atom. The number of ether oxygens (including phenoxy) is 1. The highest BCUT2D eigenvalue weighted by atomic mass is 19.3. The van der Waals surface area contributed by atoms with Gasteiger partial charge >= 0.3 is 6.61 Å². The molecule has 0 unspecified atom stereocenters. The van der Waals surface area contributed by atoms with Gasteiger partial charge in [0.05, 0.1) is 0 Å². The molecule has 0 bridgehead atoms. The van der Waals surface area contributed by atoms with Crippen LogP contribution in [0, 0.1) is 19.8 Å². The van der Waals surface area contributed by atoms with Crippen LogP contribution in [-0.4, -0.2) is 47.5 Å². The molecule has 7 nitrogen and oxygen atoms in total. The predicted molar refractivity (Wildman–Crippen MR) is 109 cm³/mol. The third kappa shape index (κ3) is 3.88. The van der Waals surface area contributed by atoms with E-state index in [9.17, 15) is 13.6 Å². The lowest BCUT2D eigenvalue weighted by Crippen LogP contribution is -2.48. The van der Waals surface area contributed by atoms with Crippen LogP contribution in [0.4, 0.5) is 20.3 Å². The van der Waals surface area contributed by atoms with Gasteiger partial charge in [-0.15, -0.1) is 0 Å². The van der Waals surface area contributed by atoms with Gasteiger partial charge in [-0.05, 0) is 31.0 Å². The van der Waals surface area contributed by atoms with Crippen molar-refractivity contribution in [1.29, 1.82) is 0 Å². The Labute approximate surface area is 174 Å². The second-order valence-electron chi connectivity index (χ2n) is 7.83. The highest BCUT2D eigenvalue weighted by molar-refractivity contribution is 5.78. The zero-order valence-corrected chi connectivity index (χ0v) is 17.3. The Bertz CT molecular complexity index is 963. The highest BCUT2D eigenvalue weighted by Gasteiger charge is 2.33. The minimum Gasteiger partial charge on any atom is -0.417 e. The van der Waals surface area contributed by atoms with Gasteiger partial charge in [0.25, 0.3) is 0 Å². The normalized spacial score (nSPS) is 15.9. The summed E-state index contributed by atoms with van der Waals surface area (Å²) in [6, 6.07) is 3.25. The maximum absolute atomic E-state index is 12.9. The number of hydrogen-bond donors (Lipinski definition) is 1. The number of anilines is 2. The fourth-order valence-corrected chi connectivity index (χ4v) is 4.15. The quantitative estimate of drug-likeness (QED) is 0.779. The Kier molecular flexibility index (Phi) is 5.44. The number of alkyl halides is 2. The Balaban J connectivity index is 1.34. The van der Waals surface area contributed by atoms with E-state index in [0.29, 0.717) is 32.6 Å². The zero-order chi connectivity index (χ0) is 21.4. The van der Waals surface area contributed by atoms with Gasteiger partial charge < -0.3 is 19.9 Å². The molecule has 1 N–H and O–H groups in total. The van der Waals surface area contributed by atoms with Crippen LogP contribution in [0.3, 0.4) is 0 Å². The molecule has 2 aromatic rings. The molecule has 30 heavy (non-hydrogen) atoms. The first-order valence-corrected chi connectivity index (χ1v) is 9.96. The topological polar surface area (TPSA) is 70.6 Å². The Hall–Kier alpha value is -2.97. The third-order valence-corrected chi connectivity index (χ3v) is 5.93. The zero-order valence-electron chi connectivity index (χ0n) is 17.3. The average Bonchev–Trinajstić information content (AvgIpc) is 3.12. The van der Waals surface area contributed by atoms with Gasteiger partial charge in [0.1, 0.15) is 5.82 Å². The van der Waals surface area contributed by atoms with E-state index >= 15 is 0 Å². The van der Waals surface area contributed by atoms with E-state index in [2.05, 4.69) is 26.9 Å². The van der Waals surface area contributed by atoms with Crippen LogP contribution in [0.1, 0.15) is 28.8 Å². The standard InChI is InChI=1S/C21H25F2N5O2/c1-12-13(2)26-20(24-3)17-11-28(10-16(12)17)19(29)6-14-8-27(9-14)15-4-5-25-18(7-15)30-21(22)23/h4-5,7,14,21H,6,8-11H2,1-3H3,(H,24,26). The third-order valence-electron chi connectivity index (χ3n) is 5.93. The minimum atomic E-state index is -2.90. The average molecular weight is 417 g/mol. The molecule has 1 fully saturated rings. The van der Waals surface area contributed by atoms with Crippen molar-refractivity contribution in [1.82, 2.24) is 14.9 Å². The molecule has 160 valence electrons. The summed E-state index contributed by atoms with van der Waals surface area (Å²) in [5, 5.41) is 3.14. The smallest absolute Gasteiger partial charge is 0.388 e. The first-order valence-electron chi connectivity index (χ1n) is 9.96. The molecule has 0 aliphatic carbocycles. The van der Waals surface area contributed by atoms with E-state index in [1.165, 1.54) is 17.8 Å². The maximum Gasteiger partial charge on any atom is 0.388 e. The second kappa shape index (κ2) is 8.04. The molecule has 2 aliphatic rings. The van der Waals surface area contributed by atoms with E-state index < -0.39 is 6.61 Å². The van der Waals surface area contributed by atoms with Crippen LogP contribution in [0.25, 0.3) is 0 Å². The largest absolute Gasteiger partial charge is 0.417 e. The van der Waals surface area contributed by atoms with E-state index in [1.807, 2.05) is 23.8 Å². The Morgan fingerprint density at radius 2 is 2.03 bits per heavy atom. The molecule has 2 aromatic heterocycles. The number of carbonyl (C=O) groups is 1. The minimum absolute atomic E-state index is 0.100. The molecular weight excluding hydrogens is 392 g/mol. The van der Waals surface area contributed by atoms with Gasteiger partial charge in [-0.25, -0.2) is 9.97 Å². The van der Waals surface area contributed by atoms with Gasteiger partial charge in [-0.1, -0.05) is 0 Å². The number of carbonyl (C=O) groups excluding carboxylic acids is 1. The molecular formula is C21H25F2N5O2. The number of aromatic nitrogens is 2. The van der Waals surface area contributed by atoms with Crippen LogP contribution in [0.5, 0.6) is 5.88 Å². The van der Waals surface area contributed by atoms with Crippen LogP contribution >= 0.6 is 0 Å². The fraction of sp³-hybridized carbons (Fsp3) is 0.476. The molecule has 0 spiro atoms. The lowest BCUT2D eigenvalue weighted by atomic mass is 9.95. The number of amides is 1. The predicted octanol–water partition coefficient (Wildman–Crippen LogP) is 3.11. The number of nitrogens with one attached hydrogen (secondary N) is 1. The summed E-state index contributed by atoms with van der Waals surface area (Å²) < 4.78 is 29.1. The highest BCUT2D eigenvalue weighted by Crippen LogP contribution is 2.34. The second-order valence-corrected chi connectivity index (χ2v) is 7.83. The molecule has 4 heterocycles. The lowest BCUT2D eigenvalue weighted by Gasteiger charge is -2.41. The fourth-order valence-electron chi connectivity index (χ4n) is 4.15. The summed E-state index contributed by atoms with van der Waals surface area (Å²) in [6.07, 6.45) is 1.92. The number of fused-ring (bicyclic) bond motifs is 1. The number of pyridine rings is 2. The van der Waals surface area contributed by atoms with E-state index in [4.69, 9.17) is 0 Å². The molecule has 0 radical (unpaired) electrons. The molecule has 9 heteroatoms. The van der Waals surface area contributed by atoms with Crippen molar-refractivity contribution < 1.29 is 18.3 Å². The van der Waals surface area contributed by atoms with Crippen molar-refractivity contribution in [2.45, 2.75) is 40.0 Å². The number of hydrogen-bond acceptors (Lipinski definition) is 6. The van der Waals surface area contributed by atoms with Crippen molar-refractivity contribution in [2.75, 3.05) is 30.4 Å². The summed E-state index contributed by atoms with van der Waals surface area (Å²) in [7, 11) is 1.85. The lowest BCUT2D eigenvalue weighted by molar-refractivity contribution is -0.133. The summed E-state index contributed by atoms with van der Waals surface area (Å²) in [4.78, 5) is 25.2. The SMILES string of the molecule is CNc1nc(C)c(C)c2c1CN(C(=O)CC1CN(c3ccnc(OC(F)F)c3)C1)C2.